The van der Waals surface area contributed by atoms with Crippen molar-refractivity contribution >= 4 is 41.3 Å². The SMILES string of the molecule is CCNC(=NCC(C)c1ccsc1)NCC(OC)c1ccccc1.I. The summed E-state index contributed by atoms with van der Waals surface area (Å²) in [6, 6.07) is 12.4. The average Bonchev–Trinajstić information content (AvgIpc) is 3.15. The molecule has 0 aliphatic heterocycles. The molecule has 0 bridgehead atoms. The molecule has 0 saturated heterocycles. The minimum Gasteiger partial charge on any atom is -0.375 e. The smallest absolute Gasteiger partial charge is 0.191 e. The molecular formula is C19H28IN3OS. The van der Waals surface area contributed by atoms with E-state index in [0.29, 0.717) is 12.5 Å². The summed E-state index contributed by atoms with van der Waals surface area (Å²) in [6.07, 6.45) is 0.00403. The summed E-state index contributed by atoms with van der Waals surface area (Å²) in [7, 11) is 1.74. The minimum absolute atomic E-state index is 0. The van der Waals surface area contributed by atoms with E-state index in [1.54, 1.807) is 18.4 Å². The fraction of sp³-hybridized carbons (Fsp3) is 0.421. The molecule has 1 aromatic heterocycles. The first-order valence-corrected chi connectivity index (χ1v) is 9.30. The Morgan fingerprint density at radius 2 is 1.92 bits per heavy atom. The van der Waals surface area contributed by atoms with Crippen LogP contribution in [-0.2, 0) is 4.74 Å². The molecule has 25 heavy (non-hydrogen) atoms. The van der Waals surface area contributed by atoms with Crippen LogP contribution in [0.4, 0.5) is 0 Å². The zero-order valence-electron chi connectivity index (χ0n) is 15.1. The minimum atomic E-state index is 0. The number of hydrogen-bond donors (Lipinski definition) is 2. The Morgan fingerprint density at radius 3 is 2.52 bits per heavy atom. The zero-order chi connectivity index (χ0) is 17.2. The summed E-state index contributed by atoms with van der Waals surface area (Å²) in [5, 5.41) is 11.0. The molecule has 0 amide bonds. The van der Waals surface area contributed by atoms with Gasteiger partial charge in [-0.25, -0.2) is 0 Å². The van der Waals surface area contributed by atoms with Crippen molar-refractivity contribution in [3.05, 3.63) is 58.3 Å². The number of nitrogens with one attached hydrogen (secondary N) is 2. The van der Waals surface area contributed by atoms with Crippen molar-refractivity contribution in [2.75, 3.05) is 26.7 Å². The largest absolute Gasteiger partial charge is 0.375 e. The van der Waals surface area contributed by atoms with E-state index in [4.69, 9.17) is 9.73 Å². The predicted molar refractivity (Wildman–Crippen MR) is 118 cm³/mol. The third kappa shape index (κ3) is 7.33. The van der Waals surface area contributed by atoms with Gasteiger partial charge in [0.05, 0.1) is 6.10 Å². The number of nitrogens with zero attached hydrogens (tertiary/aromatic N) is 1. The maximum absolute atomic E-state index is 5.61. The van der Waals surface area contributed by atoms with E-state index in [2.05, 4.69) is 53.4 Å². The first-order valence-electron chi connectivity index (χ1n) is 8.36. The molecule has 2 aromatic rings. The highest BCUT2D eigenvalue weighted by molar-refractivity contribution is 14.0. The van der Waals surface area contributed by atoms with Gasteiger partial charge >= 0.3 is 0 Å². The van der Waals surface area contributed by atoms with Crippen molar-refractivity contribution in [3.63, 3.8) is 0 Å². The second-order valence-electron chi connectivity index (χ2n) is 5.69. The van der Waals surface area contributed by atoms with Crippen molar-refractivity contribution in [2.45, 2.75) is 25.9 Å². The Morgan fingerprint density at radius 1 is 1.16 bits per heavy atom. The molecule has 4 nitrogen and oxygen atoms in total. The third-order valence-electron chi connectivity index (χ3n) is 3.89. The van der Waals surface area contributed by atoms with Crippen molar-refractivity contribution in [1.82, 2.24) is 10.6 Å². The molecule has 2 rings (SSSR count). The van der Waals surface area contributed by atoms with Crippen molar-refractivity contribution in [1.29, 1.82) is 0 Å². The van der Waals surface area contributed by atoms with Crippen LogP contribution in [0.25, 0.3) is 0 Å². The van der Waals surface area contributed by atoms with E-state index in [1.807, 2.05) is 18.2 Å². The van der Waals surface area contributed by atoms with Crippen LogP contribution in [0, 0.1) is 0 Å². The van der Waals surface area contributed by atoms with Gasteiger partial charge in [-0.3, -0.25) is 4.99 Å². The Kier molecular flexibility index (Phi) is 10.8. The Hall–Kier alpha value is -1.12. The highest BCUT2D eigenvalue weighted by Gasteiger charge is 2.11. The molecule has 2 N–H and O–H groups in total. The molecule has 0 radical (unpaired) electrons. The lowest BCUT2D eigenvalue weighted by molar-refractivity contribution is 0.106. The van der Waals surface area contributed by atoms with Gasteiger partial charge in [-0.15, -0.1) is 24.0 Å². The van der Waals surface area contributed by atoms with E-state index in [9.17, 15) is 0 Å². The van der Waals surface area contributed by atoms with E-state index in [-0.39, 0.29) is 30.1 Å². The van der Waals surface area contributed by atoms with Crippen LogP contribution in [0.1, 0.15) is 37.0 Å². The number of guanidine groups is 1. The van der Waals surface area contributed by atoms with Gasteiger partial charge in [0.15, 0.2) is 5.96 Å². The molecule has 0 saturated carbocycles. The maximum Gasteiger partial charge on any atom is 0.191 e. The Bertz CT molecular complexity index is 604. The molecule has 0 aliphatic carbocycles. The molecule has 0 aliphatic rings. The number of rotatable bonds is 8. The molecule has 0 fully saturated rings. The van der Waals surface area contributed by atoms with Crippen molar-refractivity contribution in [3.8, 4) is 0 Å². The molecule has 6 heteroatoms. The molecule has 1 heterocycles. The molecule has 0 spiro atoms. The van der Waals surface area contributed by atoms with Crippen LogP contribution in [0.5, 0.6) is 0 Å². The topological polar surface area (TPSA) is 45.7 Å². The summed E-state index contributed by atoms with van der Waals surface area (Å²) >= 11 is 1.73. The fourth-order valence-corrected chi connectivity index (χ4v) is 3.21. The number of ether oxygens (including phenoxy) is 1. The monoisotopic (exact) mass is 473 g/mol. The summed E-state index contributed by atoms with van der Waals surface area (Å²) in [5.41, 5.74) is 2.51. The van der Waals surface area contributed by atoms with Gasteiger partial charge in [-0.1, -0.05) is 37.3 Å². The number of benzene rings is 1. The van der Waals surface area contributed by atoms with Crippen LogP contribution < -0.4 is 10.6 Å². The lowest BCUT2D eigenvalue weighted by atomic mass is 10.1. The molecule has 1 aromatic carbocycles. The second kappa shape index (κ2) is 12.3. The first kappa shape index (κ1) is 21.9. The maximum atomic E-state index is 5.61. The standard InChI is InChI=1S/C19H27N3OS.HI/c1-4-20-19(21-12-15(2)17-10-11-24-14-17)22-13-18(23-3)16-8-6-5-7-9-16;/h5-11,14-15,18H,4,12-13H2,1-3H3,(H2,20,21,22);1H. The van der Waals surface area contributed by atoms with Gasteiger partial charge in [0.2, 0.25) is 0 Å². The number of hydrogen-bond acceptors (Lipinski definition) is 3. The van der Waals surface area contributed by atoms with Crippen LogP contribution in [0.3, 0.4) is 0 Å². The van der Waals surface area contributed by atoms with Crippen LogP contribution in [0.2, 0.25) is 0 Å². The summed E-state index contributed by atoms with van der Waals surface area (Å²) in [6.45, 7) is 6.55. The Labute approximate surface area is 172 Å². The van der Waals surface area contributed by atoms with Crippen LogP contribution in [-0.4, -0.2) is 32.7 Å². The van der Waals surface area contributed by atoms with Gasteiger partial charge in [0.25, 0.3) is 0 Å². The number of halogens is 1. The lowest BCUT2D eigenvalue weighted by Gasteiger charge is -2.19. The predicted octanol–water partition coefficient (Wildman–Crippen LogP) is 4.41. The normalized spacial score (nSPS) is 13.6. The molecule has 2 unspecified atom stereocenters. The molecule has 2 atom stereocenters. The fourth-order valence-electron chi connectivity index (χ4n) is 2.43. The van der Waals surface area contributed by atoms with E-state index >= 15 is 0 Å². The van der Waals surface area contributed by atoms with E-state index in [1.165, 1.54) is 5.56 Å². The van der Waals surface area contributed by atoms with Gasteiger partial charge in [0, 0.05) is 32.7 Å². The zero-order valence-corrected chi connectivity index (χ0v) is 18.2. The Balaban J connectivity index is 0.00000312. The van der Waals surface area contributed by atoms with Gasteiger partial charge < -0.3 is 15.4 Å². The number of aliphatic imine (C=N–C) groups is 1. The summed E-state index contributed by atoms with van der Waals surface area (Å²) < 4.78 is 5.61. The quantitative estimate of drug-likeness (QED) is 0.339. The van der Waals surface area contributed by atoms with Crippen molar-refractivity contribution < 1.29 is 4.74 Å². The molecular weight excluding hydrogens is 445 g/mol. The van der Waals surface area contributed by atoms with E-state index in [0.717, 1.165) is 24.6 Å². The van der Waals surface area contributed by atoms with Gasteiger partial charge in [-0.05, 0) is 34.9 Å². The van der Waals surface area contributed by atoms with Gasteiger partial charge in [-0.2, -0.15) is 11.3 Å². The average molecular weight is 473 g/mol. The third-order valence-corrected chi connectivity index (χ3v) is 4.59. The first-order chi connectivity index (χ1) is 11.7. The second-order valence-corrected chi connectivity index (χ2v) is 6.47. The lowest BCUT2D eigenvalue weighted by Crippen LogP contribution is -2.40. The van der Waals surface area contributed by atoms with E-state index < -0.39 is 0 Å². The summed E-state index contributed by atoms with van der Waals surface area (Å²) in [5.74, 6) is 1.25. The van der Waals surface area contributed by atoms with Crippen molar-refractivity contribution in [2.24, 2.45) is 4.99 Å². The van der Waals surface area contributed by atoms with Crippen LogP contribution in [0.15, 0.2) is 52.2 Å². The number of methoxy groups -OCH3 is 1. The highest BCUT2D eigenvalue weighted by atomic mass is 127. The number of thiophene rings is 1. The molecule has 138 valence electrons. The van der Waals surface area contributed by atoms with Gasteiger partial charge in [0.1, 0.15) is 0 Å². The summed E-state index contributed by atoms with van der Waals surface area (Å²) in [4.78, 5) is 4.71. The highest BCUT2D eigenvalue weighted by Crippen LogP contribution is 2.18. The van der Waals surface area contributed by atoms with Crippen LogP contribution >= 0.6 is 35.3 Å².